The van der Waals surface area contributed by atoms with Crippen LogP contribution in [0.1, 0.15) is 51.5 Å². The van der Waals surface area contributed by atoms with Crippen molar-refractivity contribution in [1.82, 2.24) is 9.13 Å². The van der Waals surface area contributed by atoms with Gasteiger partial charge in [0.15, 0.2) is 0 Å². The van der Waals surface area contributed by atoms with Crippen molar-refractivity contribution in [3.05, 3.63) is 119 Å². The van der Waals surface area contributed by atoms with Crippen molar-refractivity contribution in [2.75, 3.05) is 6.61 Å². The van der Waals surface area contributed by atoms with Crippen LogP contribution in [0.4, 0.5) is 0 Å². The summed E-state index contributed by atoms with van der Waals surface area (Å²) < 4.78 is 16.4. The summed E-state index contributed by atoms with van der Waals surface area (Å²) in [6.07, 6.45) is 0. The molecule has 0 saturated heterocycles. The number of benzene rings is 3. The van der Waals surface area contributed by atoms with E-state index in [4.69, 9.17) is 9.15 Å². The molecule has 0 aliphatic rings. The first kappa shape index (κ1) is 24.8. The zero-order valence-corrected chi connectivity index (χ0v) is 23.0. The molecule has 6 aromatic rings. The van der Waals surface area contributed by atoms with Crippen molar-refractivity contribution >= 4 is 27.8 Å². The van der Waals surface area contributed by atoms with E-state index in [1.165, 1.54) is 44.3 Å². The summed E-state index contributed by atoms with van der Waals surface area (Å²) in [5.41, 5.74) is 8.79. The number of esters is 1. The average Bonchev–Trinajstić information content (AvgIpc) is 3.62. The summed E-state index contributed by atoms with van der Waals surface area (Å²) in [5.74, 6) is 1.23. The first-order valence-corrected chi connectivity index (χ1v) is 13.4. The minimum atomic E-state index is -0.317. The largest absolute Gasteiger partial charge is 0.462 e. The third kappa shape index (κ3) is 3.97. The molecule has 0 amide bonds. The van der Waals surface area contributed by atoms with Crippen molar-refractivity contribution in [3.63, 3.8) is 0 Å². The first-order chi connectivity index (χ1) is 18.9. The lowest BCUT2D eigenvalue weighted by Gasteiger charge is -2.18. The molecule has 0 bridgehead atoms. The highest BCUT2D eigenvalue weighted by Gasteiger charge is 2.31. The Labute approximate surface area is 228 Å². The van der Waals surface area contributed by atoms with Crippen molar-refractivity contribution in [1.29, 1.82) is 0 Å². The van der Waals surface area contributed by atoms with E-state index in [0.717, 1.165) is 17.1 Å². The van der Waals surface area contributed by atoms with E-state index < -0.39 is 0 Å². The van der Waals surface area contributed by atoms with E-state index in [-0.39, 0.29) is 11.9 Å². The van der Waals surface area contributed by atoms with Crippen molar-refractivity contribution in [2.45, 2.75) is 26.7 Å². The van der Waals surface area contributed by atoms with Gasteiger partial charge in [-0.1, -0.05) is 48.5 Å². The van der Waals surface area contributed by atoms with E-state index in [0.29, 0.717) is 12.2 Å². The Kier molecular flexibility index (Phi) is 6.15. The number of carbonyl (C=O) groups is 1. The Bertz CT molecular complexity index is 1750. The molecule has 0 spiro atoms. The maximum Gasteiger partial charge on any atom is 0.338 e. The van der Waals surface area contributed by atoms with Gasteiger partial charge in [0.2, 0.25) is 0 Å². The number of aromatic nitrogens is 2. The molecule has 0 radical (unpaired) electrons. The lowest BCUT2D eigenvalue weighted by molar-refractivity contribution is 0.0526. The quantitative estimate of drug-likeness (QED) is 0.211. The summed E-state index contributed by atoms with van der Waals surface area (Å²) in [6.45, 7) is 6.55. The molecular formula is C34H32N2O3. The Hall–Kier alpha value is -4.51. The lowest BCUT2D eigenvalue weighted by Crippen LogP contribution is -2.06. The Morgan fingerprint density at radius 1 is 0.769 bits per heavy atom. The molecule has 0 N–H and O–H groups in total. The van der Waals surface area contributed by atoms with Gasteiger partial charge < -0.3 is 18.3 Å². The number of hydrogen-bond acceptors (Lipinski definition) is 3. The predicted molar refractivity (Wildman–Crippen MR) is 156 cm³/mol. The maximum absolute atomic E-state index is 12.1. The number of hydrogen-bond donors (Lipinski definition) is 0. The second-order valence-corrected chi connectivity index (χ2v) is 10.1. The third-order valence-electron chi connectivity index (χ3n) is 8.07. The Morgan fingerprint density at radius 3 is 1.85 bits per heavy atom. The van der Waals surface area contributed by atoms with Gasteiger partial charge in [-0.3, -0.25) is 0 Å². The number of para-hydroxylation sites is 2. The zero-order valence-electron chi connectivity index (χ0n) is 23.0. The number of nitrogens with zero attached hydrogens (tertiary/aromatic N) is 2. The van der Waals surface area contributed by atoms with E-state index in [2.05, 4.69) is 91.7 Å². The van der Waals surface area contributed by atoms with Gasteiger partial charge in [0, 0.05) is 52.9 Å². The summed E-state index contributed by atoms with van der Waals surface area (Å²) in [5, 5.41) is 2.46. The Morgan fingerprint density at radius 2 is 1.31 bits per heavy atom. The fourth-order valence-corrected chi connectivity index (χ4v) is 5.91. The molecule has 0 aliphatic carbocycles. The molecule has 6 rings (SSSR count). The van der Waals surface area contributed by atoms with Crippen LogP contribution >= 0.6 is 0 Å². The van der Waals surface area contributed by atoms with E-state index in [9.17, 15) is 4.79 Å². The fourth-order valence-electron chi connectivity index (χ4n) is 5.91. The molecule has 3 aromatic heterocycles. The molecule has 5 nitrogen and oxygen atoms in total. The smallest absolute Gasteiger partial charge is 0.338 e. The fraction of sp³-hybridized carbons (Fsp3) is 0.206. The van der Waals surface area contributed by atoms with Gasteiger partial charge in [-0.25, -0.2) is 4.79 Å². The monoisotopic (exact) mass is 516 g/mol. The predicted octanol–water partition coefficient (Wildman–Crippen LogP) is 7.90. The van der Waals surface area contributed by atoms with Crippen LogP contribution in [0.3, 0.4) is 0 Å². The molecular weight excluding hydrogens is 484 g/mol. The molecule has 0 atom stereocenters. The van der Waals surface area contributed by atoms with E-state index in [1.807, 2.05) is 25.1 Å². The van der Waals surface area contributed by atoms with Gasteiger partial charge in [0.05, 0.1) is 18.1 Å². The van der Waals surface area contributed by atoms with Gasteiger partial charge >= 0.3 is 5.97 Å². The number of ether oxygens (including phenoxy) is 1. The summed E-state index contributed by atoms with van der Waals surface area (Å²) >= 11 is 0. The van der Waals surface area contributed by atoms with Crippen molar-refractivity contribution in [2.24, 2.45) is 14.1 Å². The van der Waals surface area contributed by atoms with Crippen LogP contribution in [0.5, 0.6) is 0 Å². The highest BCUT2D eigenvalue weighted by molar-refractivity contribution is 5.92. The van der Waals surface area contributed by atoms with E-state index in [1.54, 1.807) is 12.1 Å². The van der Waals surface area contributed by atoms with Crippen LogP contribution in [0.15, 0.2) is 89.3 Å². The summed E-state index contributed by atoms with van der Waals surface area (Å²) in [7, 11) is 4.26. The van der Waals surface area contributed by atoms with Crippen LogP contribution in [0.2, 0.25) is 0 Å². The molecule has 3 heterocycles. The minimum absolute atomic E-state index is 0.102. The second kappa shape index (κ2) is 9.66. The average molecular weight is 517 g/mol. The maximum atomic E-state index is 12.1. The molecule has 0 unspecified atom stereocenters. The van der Waals surface area contributed by atoms with Gasteiger partial charge in [-0.2, -0.15) is 0 Å². The van der Waals surface area contributed by atoms with Crippen LogP contribution < -0.4 is 0 Å². The van der Waals surface area contributed by atoms with Crippen LogP contribution in [0.25, 0.3) is 33.1 Å². The topological polar surface area (TPSA) is 49.3 Å². The molecule has 5 heteroatoms. The standard InChI is InChI=1S/C34H32N2O3/c1-6-38-34(37)24-17-15-23(16-18-24)29-19-20-30(39-29)33(31-21(2)35(4)27-13-9-7-11-25(27)31)32-22(3)36(5)28-14-10-8-12-26(28)32/h7-20,33H,6H2,1-5H3. The van der Waals surface area contributed by atoms with E-state index >= 15 is 0 Å². The normalized spacial score (nSPS) is 11.6. The number of rotatable bonds is 6. The molecule has 3 aromatic carbocycles. The zero-order chi connectivity index (χ0) is 27.3. The summed E-state index contributed by atoms with van der Waals surface area (Å²) in [6, 6.07) is 28.7. The lowest BCUT2D eigenvalue weighted by atomic mass is 9.85. The number of furan rings is 1. The van der Waals surface area contributed by atoms with Gasteiger partial charge in [-0.05, 0) is 68.3 Å². The van der Waals surface area contributed by atoms with Crippen LogP contribution in [-0.4, -0.2) is 21.7 Å². The first-order valence-electron chi connectivity index (χ1n) is 13.4. The van der Waals surface area contributed by atoms with Crippen molar-refractivity contribution < 1.29 is 13.9 Å². The third-order valence-corrected chi connectivity index (χ3v) is 8.07. The van der Waals surface area contributed by atoms with Crippen LogP contribution in [-0.2, 0) is 18.8 Å². The van der Waals surface area contributed by atoms with Gasteiger partial charge in [0.1, 0.15) is 11.5 Å². The molecule has 0 aliphatic heterocycles. The minimum Gasteiger partial charge on any atom is -0.462 e. The number of fused-ring (bicyclic) bond motifs is 2. The number of carbonyl (C=O) groups excluding carboxylic acids is 1. The Balaban J connectivity index is 1.55. The highest BCUT2D eigenvalue weighted by atomic mass is 16.5. The molecule has 196 valence electrons. The SMILES string of the molecule is CCOC(=O)c1ccc(-c2ccc(C(c3c(C)n(C)c4ccccc34)c3c(C)n(C)c4ccccc34)o2)cc1. The van der Waals surface area contributed by atoms with Crippen molar-refractivity contribution in [3.8, 4) is 11.3 Å². The number of aryl methyl sites for hydroxylation is 2. The molecule has 0 fully saturated rings. The molecule has 39 heavy (non-hydrogen) atoms. The molecule has 0 saturated carbocycles. The second-order valence-electron chi connectivity index (χ2n) is 10.1. The summed E-state index contributed by atoms with van der Waals surface area (Å²) in [4.78, 5) is 12.1. The highest BCUT2D eigenvalue weighted by Crippen LogP contribution is 2.45. The van der Waals surface area contributed by atoms with Gasteiger partial charge in [-0.15, -0.1) is 0 Å². The van der Waals surface area contributed by atoms with Crippen LogP contribution in [0, 0.1) is 13.8 Å². The van der Waals surface area contributed by atoms with Gasteiger partial charge in [0.25, 0.3) is 0 Å².